The number of nitrogen functional groups attached to an aromatic ring is 2. The third-order valence-electron chi connectivity index (χ3n) is 3.79. The van der Waals surface area contributed by atoms with Gasteiger partial charge < -0.3 is 20.9 Å². The third-order valence-corrected chi connectivity index (χ3v) is 3.87. The molecule has 15 heteroatoms. The average Bonchev–Trinajstić information content (AvgIpc) is 2.85. The maximum atomic E-state index is 13.1. The van der Waals surface area contributed by atoms with Crippen molar-refractivity contribution in [2.24, 2.45) is 0 Å². The Labute approximate surface area is 211 Å². The second kappa shape index (κ2) is 13.7. The Balaban J connectivity index is 0.000000214. The first-order valence-corrected chi connectivity index (χ1v) is 10.2. The third kappa shape index (κ3) is 9.58. The number of ether oxygens (including phenoxy) is 2. The van der Waals surface area contributed by atoms with Crippen LogP contribution in [0.25, 0.3) is 0 Å². The lowest BCUT2D eigenvalue weighted by Crippen LogP contribution is -2.32. The van der Waals surface area contributed by atoms with Crippen LogP contribution < -0.4 is 32.3 Å². The molecule has 0 fully saturated rings. The number of carbonyl (C=O) groups excluding carboxylic acids is 2. The summed E-state index contributed by atoms with van der Waals surface area (Å²) in [4.78, 5) is 51.5. The number of carbonyl (C=O) groups is 2. The van der Waals surface area contributed by atoms with E-state index in [0.717, 1.165) is 6.20 Å². The molecular formula is C22H17ClF2N6O6. The van der Waals surface area contributed by atoms with Crippen LogP contribution >= 0.6 is 11.6 Å². The minimum atomic E-state index is -1.06. The first-order chi connectivity index (χ1) is 17.6. The van der Waals surface area contributed by atoms with E-state index in [9.17, 15) is 28.0 Å². The minimum absolute atomic E-state index is 0.228. The molecule has 0 spiro atoms. The molecule has 0 saturated carbocycles. The number of nitrogens with one attached hydrogen (secondary N) is 1. The van der Waals surface area contributed by atoms with Gasteiger partial charge in [0.2, 0.25) is 0 Å². The van der Waals surface area contributed by atoms with Gasteiger partial charge in [-0.3, -0.25) is 4.98 Å². The summed E-state index contributed by atoms with van der Waals surface area (Å²) in [6.45, 7) is 0. The van der Waals surface area contributed by atoms with Gasteiger partial charge in [-0.05, 0) is 24.3 Å². The lowest BCUT2D eigenvalue weighted by atomic mass is 10.3. The molecule has 2 aromatic heterocycles. The molecule has 0 aliphatic carbocycles. The van der Waals surface area contributed by atoms with Crippen LogP contribution in [0.5, 0.6) is 11.5 Å². The van der Waals surface area contributed by atoms with Gasteiger partial charge in [0, 0.05) is 11.6 Å². The van der Waals surface area contributed by atoms with Gasteiger partial charge in [0.25, 0.3) is 0 Å². The fourth-order valence-electron chi connectivity index (χ4n) is 2.19. The SMILES string of the molecule is Nc1[nH]c(=O)ncc1F.Nc1nc(=O)n(C(=O)Oc2ccccc2)cc1F.O=C(Cl)Oc1ccccc1. The Morgan fingerprint density at radius 3 is 1.92 bits per heavy atom. The summed E-state index contributed by atoms with van der Waals surface area (Å²) in [5, 5.41) is 0. The monoisotopic (exact) mass is 534 g/mol. The van der Waals surface area contributed by atoms with Crippen LogP contribution in [0.4, 0.5) is 30.0 Å². The maximum absolute atomic E-state index is 13.1. The number of nitrogens with two attached hydrogens (primary N) is 2. The molecule has 192 valence electrons. The van der Waals surface area contributed by atoms with Crippen molar-refractivity contribution in [1.29, 1.82) is 0 Å². The Morgan fingerprint density at radius 1 is 0.892 bits per heavy atom. The molecule has 0 amide bonds. The Morgan fingerprint density at radius 2 is 1.43 bits per heavy atom. The molecule has 2 heterocycles. The smallest absolute Gasteiger partial charge is 0.415 e. The summed E-state index contributed by atoms with van der Waals surface area (Å²) in [5.41, 5.74) is 7.58. The molecule has 0 radical (unpaired) electrons. The number of nitrogens with zero attached hydrogens (tertiary/aromatic N) is 3. The lowest BCUT2D eigenvalue weighted by molar-refractivity contribution is 0.200. The van der Waals surface area contributed by atoms with Crippen molar-refractivity contribution < 1.29 is 27.8 Å². The van der Waals surface area contributed by atoms with Crippen LogP contribution in [-0.2, 0) is 0 Å². The fraction of sp³-hybridized carbons (Fsp3) is 0. The van der Waals surface area contributed by atoms with Gasteiger partial charge in [-0.25, -0.2) is 28.0 Å². The number of benzene rings is 2. The summed E-state index contributed by atoms with van der Waals surface area (Å²) in [6, 6.07) is 16.7. The van der Waals surface area contributed by atoms with E-state index in [0.29, 0.717) is 16.5 Å². The summed E-state index contributed by atoms with van der Waals surface area (Å²) < 4.78 is 35.0. The van der Waals surface area contributed by atoms with Gasteiger partial charge in [-0.1, -0.05) is 36.4 Å². The van der Waals surface area contributed by atoms with Crippen molar-refractivity contribution in [2.75, 3.05) is 11.5 Å². The highest BCUT2D eigenvalue weighted by molar-refractivity contribution is 6.61. The topological polar surface area (TPSA) is 185 Å². The number of H-pyrrole nitrogens is 1. The summed E-state index contributed by atoms with van der Waals surface area (Å²) in [6.07, 6.45) is 0.349. The zero-order chi connectivity index (χ0) is 27.4. The first kappa shape index (κ1) is 28.1. The summed E-state index contributed by atoms with van der Waals surface area (Å²) in [5.74, 6) is -1.85. The van der Waals surface area contributed by atoms with E-state index in [2.05, 4.69) is 14.7 Å². The molecule has 0 atom stereocenters. The van der Waals surface area contributed by atoms with Crippen molar-refractivity contribution in [3.05, 3.63) is 106 Å². The summed E-state index contributed by atoms with van der Waals surface area (Å²) in [7, 11) is 0. The number of aromatic amines is 1. The number of hydrogen-bond donors (Lipinski definition) is 3. The zero-order valence-electron chi connectivity index (χ0n) is 18.5. The van der Waals surface area contributed by atoms with Crippen LogP contribution in [0.2, 0.25) is 0 Å². The number of halogens is 3. The second-order valence-corrected chi connectivity index (χ2v) is 6.72. The van der Waals surface area contributed by atoms with E-state index >= 15 is 0 Å². The first-order valence-electron chi connectivity index (χ1n) is 9.81. The number of rotatable bonds is 2. The van der Waals surface area contributed by atoms with Gasteiger partial charge >= 0.3 is 22.9 Å². The van der Waals surface area contributed by atoms with Crippen molar-refractivity contribution in [2.45, 2.75) is 0 Å². The molecule has 4 aromatic rings. The normalized spacial score (nSPS) is 9.59. The van der Waals surface area contributed by atoms with Crippen LogP contribution in [-0.4, -0.2) is 31.0 Å². The number of hydrogen-bond acceptors (Lipinski definition) is 10. The van der Waals surface area contributed by atoms with Crippen LogP contribution in [0.15, 0.2) is 82.6 Å². The predicted octanol–water partition coefficient (Wildman–Crippen LogP) is 2.93. The van der Waals surface area contributed by atoms with Crippen molar-refractivity contribution >= 4 is 34.8 Å². The van der Waals surface area contributed by atoms with Gasteiger partial charge in [0.05, 0.1) is 12.4 Å². The van der Waals surface area contributed by atoms with E-state index in [-0.39, 0.29) is 11.6 Å². The number of anilines is 2. The molecule has 4 rings (SSSR count). The highest BCUT2D eigenvalue weighted by Gasteiger charge is 2.13. The molecule has 5 N–H and O–H groups in total. The quantitative estimate of drug-likeness (QED) is 0.323. The van der Waals surface area contributed by atoms with Crippen LogP contribution in [0.3, 0.4) is 0 Å². The zero-order valence-corrected chi connectivity index (χ0v) is 19.3. The van der Waals surface area contributed by atoms with Gasteiger partial charge in [0.15, 0.2) is 17.5 Å². The van der Waals surface area contributed by atoms with Crippen molar-refractivity contribution in [1.82, 2.24) is 19.5 Å². The molecule has 0 aliphatic heterocycles. The van der Waals surface area contributed by atoms with Gasteiger partial charge in [-0.2, -0.15) is 14.5 Å². The van der Waals surface area contributed by atoms with Crippen LogP contribution in [0.1, 0.15) is 0 Å². The van der Waals surface area contributed by atoms with Crippen LogP contribution in [0, 0.1) is 11.6 Å². The van der Waals surface area contributed by atoms with E-state index in [1.54, 1.807) is 42.5 Å². The second-order valence-electron chi connectivity index (χ2n) is 6.41. The van der Waals surface area contributed by atoms with Gasteiger partial charge in [-0.15, -0.1) is 0 Å². The summed E-state index contributed by atoms with van der Waals surface area (Å²) >= 11 is 4.95. The molecular weight excluding hydrogens is 518 g/mol. The number of aromatic nitrogens is 4. The molecule has 0 aliphatic rings. The number of para-hydroxylation sites is 2. The van der Waals surface area contributed by atoms with E-state index in [1.165, 1.54) is 12.1 Å². The van der Waals surface area contributed by atoms with E-state index in [4.69, 9.17) is 27.8 Å². The average molecular weight is 535 g/mol. The van der Waals surface area contributed by atoms with E-state index in [1.807, 2.05) is 11.1 Å². The minimum Gasteiger partial charge on any atom is -0.415 e. The molecule has 12 nitrogen and oxygen atoms in total. The van der Waals surface area contributed by atoms with E-state index < -0.39 is 40.4 Å². The molecule has 37 heavy (non-hydrogen) atoms. The van der Waals surface area contributed by atoms with Gasteiger partial charge in [0.1, 0.15) is 17.3 Å². The Bertz CT molecular complexity index is 1470. The molecule has 0 bridgehead atoms. The molecule has 2 aromatic carbocycles. The standard InChI is InChI=1S/C11H8FN3O3.C7H5ClO2.C4H4FN3O/c12-8-6-15(10(16)14-9(8)13)11(17)18-7-4-2-1-3-5-7;8-7(9)10-6-4-2-1-3-5-6;5-2-1-7-4(9)8-3(2)6/h1-6H,(H2,13,14,16);1-5H;1H,(H3,6,7,8,9). The maximum Gasteiger partial charge on any atom is 0.427 e. The molecule has 0 saturated heterocycles. The highest BCUT2D eigenvalue weighted by Crippen LogP contribution is 2.10. The van der Waals surface area contributed by atoms with Crippen molar-refractivity contribution in [3.63, 3.8) is 0 Å². The lowest BCUT2D eigenvalue weighted by Gasteiger charge is -2.05. The Hall–Kier alpha value is -5.11. The van der Waals surface area contributed by atoms with Crippen molar-refractivity contribution in [3.8, 4) is 11.5 Å². The highest BCUT2D eigenvalue weighted by atomic mass is 35.5. The predicted molar refractivity (Wildman–Crippen MR) is 128 cm³/mol. The Kier molecular flexibility index (Phi) is 10.4. The largest absolute Gasteiger partial charge is 0.427 e. The fourth-order valence-corrected chi connectivity index (χ4v) is 2.28. The molecule has 0 unspecified atom stereocenters.